The van der Waals surface area contributed by atoms with Gasteiger partial charge in [0.25, 0.3) is 10.2 Å². The van der Waals surface area contributed by atoms with Gasteiger partial charge >= 0.3 is 5.97 Å². The van der Waals surface area contributed by atoms with E-state index >= 15 is 0 Å². The second kappa shape index (κ2) is 5.76. The van der Waals surface area contributed by atoms with Crippen LogP contribution in [0.25, 0.3) is 0 Å². The van der Waals surface area contributed by atoms with Crippen LogP contribution < -0.4 is 9.44 Å². The van der Waals surface area contributed by atoms with Crippen molar-refractivity contribution in [2.24, 2.45) is 0 Å². The average molecular weight is 258 g/mol. The van der Waals surface area contributed by atoms with Crippen molar-refractivity contribution >= 4 is 16.2 Å². The first-order valence-corrected chi connectivity index (χ1v) is 6.49. The molecule has 0 aliphatic heterocycles. The number of benzene rings is 1. The Kier molecular flexibility index (Phi) is 4.62. The quantitative estimate of drug-likeness (QED) is 0.682. The first-order valence-electron chi connectivity index (χ1n) is 5.01. The lowest BCUT2D eigenvalue weighted by Crippen LogP contribution is -2.41. The lowest BCUT2D eigenvalue weighted by Gasteiger charge is -2.14. The van der Waals surface area contributed by atoms with E-state index in [1.165, 1.54) is 0 Å². The van der Waals surface area contributed by atoms with Crippen molar-refractivity contribution in [2.75, 3.05) is 6.54 Å². The Morgan fingerprint density at radius 3 is 2.41 bits per heavy atom. The molecule has 1 aromatic carbocycles. The molecule has 0 aromatic heterocycles. The van der Waals surface area contributed by atoms with Gasteiger partial charge in [0.15, 0.2) is 0 Å². The normalized spacial score (nSPS) is 13.2. The molecular weight excluding hydrogens is 244 g/mol. The fraction of sp³-hybridized carbons (Fsp3) is 0.300. The van der Waals surface area contributed by atoms with Crippen molar-refractivity contribution in [1.29, 1.82) is 0 Å². The highest BCUT2D eigenvalue weighted by atomic mass is 32.2. The molecule has 0 heterocycles. The zero-order chi connectivity index (χ0) is 12.9. The molecule has 0 fully saturated rings. The number of carbonyl (C=O) groups is 1. The first-order chi connectivity index (χ1) is 7.96. The van der Waals surface area contributed by atoms with E-state index in [1.807, 2.05) is 0 Å². The Morgan fingerprint density at radius 1 is 1.35 bits per heavy atom. The van der Waals surface area contributed by atoms with E-state index in [0.717, 1.165) is 0 Å². The summed E-state index contributed by atoms with van der Waals surface area (Å²) in [7, 11) is -3.80. The van der Waals surface area contributed by atoms with Crippen LogP contribution in [0.1, 0.15) is 18.5 Å². The summed E-state index contributed by atoms with van der Waals surface area (Å²) >= 11 is 0. The molecule has 3 N–H and O–H groups in total. The summed E-state index contributed by atoms with van der Waals surface area (Å²) in [6.07, 6.45) is 0. The van der Waals surface area contributed by atoms with Crippen molar-refractivity contribution in [3.63, 3.8) is 0 Å². The molecule has 94 valence electrons. The number of aliphatic carboxylic acids is 1. The van der Waals surface area contributed by atoms with E-state index in [4.69, 9.17) is 5.11 Å². The first kappa shape index (κ1) is 13.6. The van der Waals surface area contributed by atoms with E-state index in [0.29, 0.717) is 5.56 Å². The SMILES string of the molecule is CCNS(=O)(=O)N[C@H](C(=O)O)c1ccccc1. The molecule has 0 aliphatic carbocycles. The minimum absolute atomic E-state index is 0.191. The van der Waals surface area contributed by atoms with Gasteiger partial charge in [0.2, 0.25) is 0 Å². The Bertz CT molecular complexity index is 472. The van der Waals surface area contributed by atoms with Crippen molar-refractivity contribution in [3.8, 4) is 0 Å². The monoisotopic (exact) mass is 258 g/mol. The van der Waals surface area contributed by atoms with Crippen LogP contribution in [0.5, 0.6) is 0 Å². The summed E-state index contributed by atoms with van der Waals surface area (Å²) in [5.74, 6) is -1.25. The van der Waals surface area contributed by atoms with Crippen LogP contribution in [0.2, 0.25) is 0 Å². The highest BCUT2D eigenvalue weighted by Gasteiger charge is 2.24. The number of hydrogen-bond donors (Lipinski definition) is 3. The average Bonchev–Trinajstić information content (AvgIpc) is 2.27. The third-order valence-corrected chi connectivity index (χ3v) is 3.20. The van der Waals surface area contributed by atoms with Gasteiger partial charge in [-0.3, -0.25) is 4.79 Å². The van der Waals surface area contributed by atoms with Gasteiger partial charge in [-0.25, -0.2) is 4.72 Å². The molecule has 6 nitrogen and oxygen atoms in total. The van der Waals surface area contributed by atoms with Gasteiger partial charge < -0.3 is 5.11 Å². The molecule has 1 aromatic rings. The molecular formula is C10H14N2O4S. The fourth-order valence-corrected chi connectivity index (χ4v) is 2.30. The maximum absolute atomic E-state index is 11.4. The van der Waals surface area contributed by atoms with E-state index in [9.17, 15) is 13.2 Å². The highest BCUT2D eigenvalue weighted by Crippen LogP contribution is 2.13. The minimum Gasteiger partial charge on any atom is -0.480 e. The number of rotatable bonds is 6. The molecule has 0 amide bonds. The predicted molar refractivity (Wildman–Crippen MR) is 62.6 cm³/mol. The minimum atomic E-state index is -3.80. The molecule has 0 spiro atoms. The fourth-order valence-electron chi connectivity index (χ4n) is 1.29. The lowest BCUT2D eigenvalue weighted by molar-refractivity contribution is -0.139. The number of nitrogens with one attached hydrogen (secondary N) is 2. The largest absolute Gasteiger partial charge is 0.480 e. The second-order valence-electron chi connectivity index (χ2n) is 3.30. The van der Waals surface area contributed by atoms with Crippen molar-refractivity contribution in [2.45, 2.75) is 13.0 Å². The van der Waals surface area contributed by atoms with Crippen LogP contribution in [0.4, 0.5) is 0 Å². The molecule has 1 rings (SSSR count). The number of hydrogen-bond acceptors (Lipinski definition) is 3. The predicted octanol–water partition coefficient (Wildman–Crippen LogP) is 0.256. The Morgan fingerprint density at radius 2 is 1.94 bits per heavy atom. The summed E-state index contributed by atoms with van der Waals surface area (Å²) < 4.78 is 27.1. The Hall–Kier alpha value is -1.44. The number of carboxylic acids is 1. The smallest absolute Gasteiger partial charge is 0.326 e. The molecule has 17 heavy (non-hydrogen) atoms. The van der Waals surface area contributed by atoms with Crippen LogP contribution in [-0.4, -0.2) is 26.0 Å². The van der Waals surface area contributed by atoms with E-state index < -0.39 is 22.2 Å². The maximum Gasteiger partial charge on any atom is 0.326 e. The molecule has 1 atom stereocenters. The highest BCUT2D eigenvalue weighted by molar-refractivity contribution is 7.87. The van der Waals surface area contributed by atoms with Gasteiger partial charge in [-0.15, -0.1) is 0 Å². The molecule has 0 bridgehead atoms. The van der Waals surface area contributed by atoms with Crippen molar-refractivity contribution in [1.82, 2.24) is 9.44 Å². The molecule has 0 saturated carbocycles. The molecule has 0 saturated heterocycles. The van der Waals surface area contributed by atoms with Gasteiger partial charge in [0, 0.05) is 6.54 Å². The molecule has 0 unspecified atom stereocenters. The second-order valence-corrected chi connectivity index (χ2v) is 4.83. The summed E-state index contributed by atoms with van der Waals surface area (Å²) in [6.45, 7) is 1.80. The van der Waals surface area contributed by atoms with Gasteiger partial charge in [-0.05, 0) is 5.56 Å². The van der Waals surface area contributed by atoms with Crippen molar-refractivity contribution in [3.05, 3.63) is 35.9 Å². The van der Waals surface area contributed by atoms with Gasteiger partial charge in [0.1, 0.15) is 6.04 Å². The topological polar surface area (TPSA) is 95.5 Å². The third kappa shape index (κ3) is 4.14. The summed E-state index contributed by atoms with van der Waals surface area (Å²) in [5, 5.41) is 9.00. The van der Waals surface area contributed by atoms with Crippen molar-refractivity contribution < 1.29 is 18.3 Å². The molecule has 7 heteroatoms. The molecule has 0 aliphatic rings. The van der Waals surface area contributed by atoms with Gasteiger partial charge in [-0.2, -0.15) is 13.1 Å². The zero-order valence-corrected chi connectivity index (χ0v) is 10.1. The number of carboxylic acid groups (broad SMARTS) is 1. The van der Waals surface area contributed by atoms with Gasteiger partial charge in [0.05, 0.1) is 0 Å². The van der Waals surface area contributed by atoms with Crippen LogP contribution in [0.3, 0.4) is 0 Å². The van der Waals surface area contributed by atoms with Crippen LogP contribution in [0.15, 0.2) is 30.3 Å². The summed E-state index contributed by atoms with van der Waals surface area (Å²) in [5.41, 5.74) is 0.376. The summed E-state index contributed by atoms with van der Waals surface area (Å²) in [4.78, 5) is 11.0. The van der Waals surface area contributed by atoms with E-state index in [2.05, 4.69) is 9.44 Å². The van der Waals surface area contributed by atoms with Crippen LogP contribution in [0, 0.1) is 0 Å². The third-order valence-electron chi connectivity index (χ3n) is 1.99. The zero-order valence-electron chi connectivity index (χ0n) is 9.25. The van der Waals surface area contributed by atoms with Crippen LogP contribution >= 0.6 is 0 Å². The Balaban J connectivity index is 2.93. The van der Waals surface area contributed by atoms with Crippen LogP contribution in [-0.2, 0) is 15.0 Å². The van der Waals surface area contributed by atoms with E-state index in [1.54, 1.807) is 37.3 Å². The standard InChI is InChI=1S/C10H14N2O4S/c1-2-11-17(15,16)12-9(10(13)14)8-6-4-3-5-7-8/h3-7,9,11-12H,2H2,1H3,(H,13,14)/t9-/m0/s1. The summed E-state index contributed by atoms with van der Waals surface area (Å²) in [6, 6.07) is 6.82. The lowest BCUT2D eigenvalue weighted by atomic mass is 10.1. The molecule has 0 radical (unpaired) electrons. The Labute approximate surface area is 99.8 Å². The maximum atomic E-state index is 11.4. The van der Waals surface area contributed by atoms with Gasteiger partial charge in [-0.1, -0.05) is 37.3 Å². The van der Waals surface area contributed by atoms with E-state index in [-0.39, 0.29) is 6.54 Å².